The van der Waals surface area contributed by atoms with Crippen LogP contribution < -0.4 is 4.74 Å². The van der Waals surface area contributed by atoms with Gasteiger partial charge in [-0.2, -0.15) is 0 Å². The molecule has 1 aromatic carbocycles. The van der Waals surface area contributed by atoms with Gasteiger partial charge >= 0.3 is 0 Å². The summed E-state index contributed by atoms with van der Waals surface area (Å²) in [4.78, 5) is 12.6. The van der Waals surface area contributed by atoms with Crippen molar-refractivity contribution in [3.8, 4) is 5.75 Å². The number of Topliss-reactive ketones (excluding diaryl/α,β-unsaturated/α-hetero) is 1. The molecule has 0 aliphatic carbocycles. The molecule has 1 heterocycles. The molecule has 74 valence electrons. The first-order valence-corrected chi connectivity index (χ1v) is 5.71. The van der Waals surface area contributed by atoms with Crippen molar-refractivity contribution in [2.75, 3.05) is 5.75 Å². The van der Waals surface area contributed by atoms with Gasteiger partial charge in [0.2, 0.25) is 0 Å². The molecule has 0 radical (unpaired) electrons. The fraction of sp³-hybridized carbons (Fsp3) is 0.364. The van der Waals surface area contributed by atoms with E-state index in [-0.39, 0.29) is 11.9 Å². The van der Waals surface area contributed by atoms with E-state index in [1.807, 2.05) is 31.2 Å². The average molecular weight is 208 g/mol. The van der Waals surface area contributed by atoms with Crippen LogP contribution in [0.2, 0.25) is 0 Å². The second-order valence-electron chi connectivity index (χ2n) is 3.18. The molecule has 2 nitrogen and oxygen atoms in total. The first-order chi connectivity index (χ1) is 6.81. The lowest BCUT2D eigenvalue weighted by Gasteiger charge is -2.23. The minimum atomic E-state index is -0.250. The lowest BCUT2D eigenvalue weighted by atomic mass is 10.2. The van der Waals surface area contributed by atoms with Crippen molar-refractivity contribution in [3.05, 3.63) is 24.3 Å². The topological polar surface area (TPSA) is 26.3 Å². The Hall–Kier alpha value is -0.960. The second kappa shape index (κ2) is 4.05. The molecule has 1 aliphatic heterocycles. The van der Waals surface area contributed by atoms with Gasteiger partial charge in [0, 0.05) is 17.1 Å². The zero-order chi connectivity index (χ0) is 9.97. The van der Waals surface area contributed by atoms with Crippen molar-refractivity contribution in [2.24, 2.45) is 0 Å². The van der Waals surface area contributed by atoms with E-state index in [2.05, 4.69) is 0 Å². The third kappa shape index (κ3) is 1.77. The highest BCUT2D eigenvalue weighted by Crippen LogP contribution is 2.35. The van der Waals surface area contributed by atoms with Crippen LogP contribution in [0.1, 0.15) is 13.3 Å². The molecule has 1 unspecified atom stereocenters. The smallest absolute Gasteiger partial charge is 0.173 e. The first-order valence-electron chi connectivity index (χ1n) is 4.72. The van der Waals surface area contributed by atoms with E-state index in [0.29, 0.717) is 6.42 Å². The minimum absolute atomic E-state index is 0.187. The summed E-state index contributed by atoms with van der Waals surface area (Å²) in [6, 6.07) is 7.85. The molecule has 1 aromatic rings. The van der Waals surface area contributed by atoms with Crippen LogP contribution in [-0.4, -0.2) is 17.6 Å². The Morgan fingerprint density at radius 1 is 1.57 bits per heavy atom. The number of rotatable bonds is 2. The van der Waals surface area contributed by atoms with Crippen LogP contribution >= 0.6 is 11.8 Å². The van der Waals surface area contributed by atoms with Gasteiger partial charge in [0.1, 0.15) is 5.75 Å². The van der Waals surface area contributed by atoms with Crippen molar-refractivity contribution in [3.63, 3.8) is 0 Å². The summed E-state index contributed by atoms with van der Waals surface area (Å²) in [5.74, 6) is 1.77. The van der Waals surface area contributed by atoms with Crippen LogP contribution in [0.4, 0.5) is 0 Å². The third-order valence-corrected chi connectivity index (χ3v) is 3.33. The average Bonchev–Trinajstić information content (AvgIpc) is 2.27. The predicted molar refractivity (Wildman–Crippen MR) is 56.9 cm³/mol. The normalized spacial score (nSPS) is 19.6. The van der Waals surface area contributed by atoms with Crippen molar-refractivity contribution < 1.29 is 9.53 Å². The summed E-state index contributed by atoms with van der Waals surface area (Å²) < 4.78 is 5.61. The molecule has 0 spiro atoms. The van der Waals surface area contributed by atoms with Gasteiger partial charge in [-0.3, -0.25) is 4.79 Å². The molecule has 0 amide bonds. The summed E-state index contributed by atoms with van der Waals surface area (Å²) in [5.41, 5.74) is 0. The maximum Gasteiger partial charge on any atom is 0.173 e. The molecule has 1 aliphatic rings. The van der Waals surface area contributed by atoms with Crippen LogP contribution in [0.25, 0.3) is 0 Å². The van der Waals surface area contributed by atoms with Crippen molar-refractivity contribution in [1.29, 1.82) is 0 Å². The van der Waals surface area contributed by atoms with Gasteiger partial charge in [-0.1, -0.05) is 19.1 Å². The number of ketones is 1. The van der Waals surface area contributed by atoms with Gasteiger partial charge in [-0.25, -0.2) is 0 Å². The van der Waals surface area contributed by atoms with Crippen LogP contribution in [0.15, 0.2) is 29.2 Å². The molecule has 0 fully saturated rings. The molecule has 0 saturated carbocycles. The Kier molecular flexibility index (Phi) is 2.77. The van der Waals surface area contributed by atoms with Gasteiger partial charge in [0.25, 0.3) is 0 Å². The van der Waals surface area contributed by atoms with Gasteiger partial charge in [-0.15, -0.1) is 11.8 Å². The Morgan fingerprint density at radius 3 is 3.14 bits per heavy atom. The summed E-state index contributed by atoms with van der Waals surface area (Å²) in [5, 5.41) is 0. The summed E-state index contributed by atoms with van der Waals surface area (Å²) >= 11 is 1.69. The monoisotopic (exact) mass is 208 g/mol. The molecular weight excluding hydrogens is 196 g/mol. The van der Waals surface area contributed by atoms with Crippen LogP contribution in [0, 0.1) is 0 Å². The largest absolute Gasteiger partial charge is 0.481 e. The summed E-state index contributed by atoms with van der Waals surface area (Å²) in [6.45, 7) is 1.87. The van der Waals surface area contributed by atoms with Crippen molar-refractivity contribution in [2.45, 2.75) is 24.3 Å². The van der Waals surface area contributed by atoms with E-state index >= 15 is 0 Å². The van der Waals surface area contributed by atoms with E-state index in [0.717, 1.165) is 16.4 Å². The van der Waals surface area contributed by atoms with E-state index in [1.165, 1.54) is 0 Å². The highest BCUT2D eigenvalue weighted by molar-refractivity contribution is 7.99. The van der Waals surface area contributed by atoms with E-state index in [9.17, 15) is 4.79 Å². The maximum atomic E-state index is 11.4. The number of carbonyl (C=O) groups is 1. The first kappa shape index (κ1) is 9.59. The fourth-order valence-corrected chi connectivity index (χ4v) is 2.42. The van der Waals surface area contributed by atoms with Crippen LogP contribution in [-0.2, 0) is 4.79 Å². The van der Waals surface area contributed by atoms with Crippen molar-refractivity contribution >= 4 is 17.5 Å². The SMILES string of the molecule is CCC(=O)C1CSc2ccccc2O1. The number of fused-ring (bicyclic) bond motifs is 1. The molecule has 3 heteroatoms. The highest BCUT2D eigenvalue weighted by Gasteiger charge is 2.24. The van der Waals surface area contributed by atoms with E-state index < -0.39 is 0 Å². The summed E-state index contributed by atoms with van der Waals surface area (Å²) in [6.07, 6.45) is 0.299. The Bertz CT molecular complexity index is 349. The molecule has 0 N–H and O–H groups in total. The fourth-order valence-electron chi connectivity index (χ4n) is 1.41. The number of ether oxygens (including phenoxy) is 1. The quantitative estimate of drug-likeness (QED) is 0.747. The predicted octanol–water partition coefficient (Wildman–Crippen LogP) is 2.52. The van der Waals surface area contributed by atoms with Gasteiger partial charge in [0.15, 0.2) is 11.9 Å². The second-order valence-corrected chi connectivity index (χ2v) is 4.25. The third-order valence-electron chi connectivity index (χ3n) is 2.22. The lowest BCUT2D eigenvalue weighted by Crippen LogP contribution is -2.31. The maximum absolute atomic E-state index is 11.4. The standard InChI is InChI=1S/C11H12O2S/c1-2-8(12)10-7-14-11-6-4-3-5-9(11)13-10/h3-6,10H,2,7H2,1H3. The minimum Gasteiger partial charge on any atom is -0.481 e. The number of carbonyl (C=O) groups excluding carboxylic acids is 1. The zero-order valence-corrected chi connectivity index (χ0v) is 8.84. The number of thioether (sulfide) groups is 1. The van der Waals surface area contributed by atoms with Gasteiger partial charge < -0.3 is 4.74 Å². The van der Waals surface area contributed by atoms with Crippen LogP contribution in [0.5, 0.6) is 5.75 Å². The van der Waals surface area contributed by atoms with Gasteiger partial charge in [0.05, 0.1) is 0 Å². The zero-order valence-electron chi connectivity index (χ0n) is 8.03. The highest BCUT2D eigenvalue weighted by atomic mass is 32.2. The number of hydrogen-bond donors (Lipinski definition) is 0. The molecule has 0 bridgehead atoms. The van der Waals surface area contributed by atoms with Crippen molar-refractivity contribution in [1.82, 2.24) is 0 Å². The number of hydrogen-bond acceptors (Lipinski definition) is 3. The number of benzene rings is 1. The molecule has 2 rings (SSSR count). The van der Waals surface area contributed by atoms with Gasteiger partial charge in [-0.05, 0) is 12.1 Å². The Balaban J connectivity index is 2.17. The number of para-hydroxylation sites is 1. The molecule has 0 saturated heterocycles. The molecule has 1 atom stereocenters. The molecular formula is C11H12O2S. The summed E-state index contributed by atoms with van der Waals surface area (Å²) in [7, 11) is 0. The van der Waals surface area contributed by atoms with Crippen LogP contribution in [0.3, 0.4) is 0 Å². The van der Waals surface area contributed by atoms with E-state index in [1.54, 1.807) is 11.8 Å². The Labute approximate surface area is 87.6 Å². The molecule has 14 heavy (non-hydrogen) atoms. The van der Waals surface area contributed by atoms with E-state index in [4.69, 9.17) is 4.74 Å². The lowest BCUT2D eigenvalue weighted by molar-refractivity contribution is -0.124. The Morgan fingerprint density at radius 2 is 2.36 bits per heavy atom. The molecule has 0 aromatic heterocycles.